The molecule has 0 amide bonds. The van der Waals surface area contributed by atoms with Crippen molar-refractivity contribution in [2.24, 2.45) is 0 Å². The van der Waals surface area contributed by atoms with Gasteiger partial charge < -0.3 is 9.32 Å². The number of hydrogen-bond acceptors (Lipinski definition) is 2. The van der Waals surface area contributed by atoms with Crippen LogP contribution in [0.25, 0.3) is 55.3 Å². The van der Waals surface area contributed by atoms with Crippen LogP contribution in [-0.2, 0) is 27.1 Å². The predicted molar refractivity (Wildman–Crippen MR) is 298 cm³/mol. The van der Waals surface area contributed by atoms with Crippen LogP contribution in [0.2, 0.25) is 0 Å². The standard InChI is InChI=1S/C69H61NO/c1-65(2,3)44-39-53-51-36-37-57-61(64(51)71-63(53)59(40-44)66(4,5)6)52-29-21-33-60(62(52)68(57,9)10)70(46-34-35-50-47-26-14-17-30-54(47)67(7,8)58(50)41-46)45-25-20-24-43(38-45)69(42-22-12-11-13-23-42)55-31-18-15-27-48(55)49-28-16-19-32-56(49)69/h11-41H,1-10H3. The highest BCUT2D eigenvalue weighted by Crippen LogP contribution is 2.60. The number of furan rings is 1. The normalized spacial score (nSPS) is 15.5. The summed E-state index contributed by atoms with van der Waals surface area (Å²) in [5.74, 6) is 0. The molecule has 2 heteroatoms. The minimum Gasteiger partial charge on any atom is -0.455 e. The first-order valence-electron chi connectivity index (χ1n) is 25.6. The van der Waals surface area contributed by atoms with Crippen molar-refractivity contribution in [2.75, 3.05) is 4.90 Å². The lowest BCUT2D eigenvalue weighted by molar-refractivity contribution is 0.559. The van der Waals surface area contributed by atoms with E-state index in [4.69, 9.17) is 4.42 Å². The molecule has 348 valence electrons. The molecule has 0 N–H and O–H groups in total. The molecule has 1 heterocycles. The Kier molecular flexibility index (Phi) is 9.09. The molecule has 0 spiro atoms. The van der Waals surface area contributed by atoms with Gasteiger partial charge in [-0.1, -0.05) is 221 Å². The average Bonchev–Trinajstić information content (AvgIpc) is 4.03. The third-order valence-corrected chi connectivity index (χ3v) is 16.8. The minimum atomic E-state index is -0.544. The van der Waals surface area contributed by atoms with E-state index in [9.17, 15) is 0 Å². The molecular formula is C69H61NO. The van der Waals surface area contributed by atoms with Crippen molar-refractivity contribution in [3.05, 3.63) is 244 Å². The maximum absolute atomic E-state index is 7.31. The minimum absolute atomic E-state index is 0.0143. The summed E-state index contributed by atoms with van der Waals surface area (Å²) in [5.41, 5.74) is 24.9. The first-order chi connectivity index (χ1) is 34.0. The van der Waals surface area contributed by atoms with Crippen LogP contribution in [0, 0.1) is 0 Å². The molecule has 1 aromatic heterocycles. The van der Waals surface area contributed by atoms with Gasteiger partial charge in [0.05, 0.1) is 11.1 Å². The average molecular weight is 920 g/mol. The molecular weight excluding hydrogens is 859 g/mol. The molecule has 3 aliphatic carbocycles. The van der Waals surface area contributed by atoms with E-state index >= 15 is 0 Å². The molecule has 0 saturated carbocycles. The number of anilines is 3. The highest BCUT2D eigenvalue weighted by atomic mass is 16.3. The smallest absolute Gasteiger partial charge is 0.143 e. The zero-order valence-electron chi connectivity index (χ0n) is 42.8. The molecule has 9 aromatic carbocycles. The van der Waals surface area contributed by atoms with Crippen molar-refractivity contribution in [3.8, 4) is 33.4 Å². The molecule has 0 saturated heterocycles. The van der Waals surface area contributed by atoms with Crippen LogP contribution in [0.3, 0.4) is 0 Å². The summed E-state index contributed by atoms with van der Waals surface area (Å²) >= 11 is 0. The van der Waals surface area contributed by atoms with E-state index in [1.54, 1.807) is 0 Å². The van der Waals surface area contributed by atoms with Gasteiger partial charge >= 0.3 is 0 Å². The molecule has 13 rings (SSSR count). The van der Waals surface area contributed by atoms with Gasteiger partial charge in [-0.3, -0.25) is 0 Å². The van der Waals surface area contributed by atoms with Gasteiger partial charge in [0.15, 0.2) is 0 Å². The van der Waals surface area contributed by atoms with Crippen LogP contribution < -0.4 is 4.90 Å². The van der Waals surface area contributed by atoms with E-state index in [1.807, 2.05) is 0 Å². The van der Waals surface area contributed by atoms with E-state index in [-0.39, 0.29) is 21.7 Å². The van der Waals surface area contributed by atoms with Gasteiger partial charge in [-0.2, -0.15) is 0 Å². The third kappa shape index (κ3) is 6.00. The summed E-state index contributed by atoms with van der Waals surface area (Å²) in [6, 6.07) is 71.5. The van der Waals surface area contributed by atoms with E-state index in [2.05, 4.69) is 262 Å². The summed E-state index contributed by atoms with van der Waals surface area (Å²) in [7, 11) is 0. The van der Waals surface area contributed by atoms with Crippen LogP contribution in [0.5, 0.6) is 0 Å². The molecule has 0 aliphatic heterocycles. The first kappa shape index (κ1) is 43.6. The van der Waals surface area contributed by atoms with Gasteiger partial charge in [0.2, 0.25) is 0 Å². The first-order valence-corrected chi connectivity index (χ1v) is 25.6. The Bertz CT molecular complexity index is 3800. The second kappa shape index (κ2) is 14.8. The third-order valence-electron chi connectivity index (χ3n) is 16.8. The lowest BCUT2D eigenvalue weighted by atomic mass is 9.67. The number of benzene rings is 9. The predicted octanol–water partition coefficient (Wildman–Crippen LogP) is 18.6. The highest BCUT2D eigenvalue weighted by molar-refractivity contribution is 6.13. The molecule has 3 aliphatic rings. The monoisotopic (exact) mass is 919 g/mol. The molecule has 0 bridgehead atoms. The topological polar surface area (TPSA) is 16.4 Å². The van der Waals surface area contributed by atoms with Crippen LogP contribution in [-0.4, -0.2) is 0 Å². The summed E-state index contributed by atoms with van der Waals surface area (Å²) < 4.78 is 7.31. The second-order valence-electron chi connectivity index (χ2n) is 23.7. The number of hydrogen-bond donors (Lipinski definition) is 0. The Labute approximate surface area is 419 Å². The fraction of sp³-hybridized carbons (Fsp3) is 0.217. The van der Waals surface area contributed by atoms with Gasteiger partial charge in [0.1, 0.15) is 11.2 Å². The van der Waals surface area contributed by atoms with Crippen LogP contribution >= 0.6 is 0 Å². The van der Waals surface area contributed by atoms with Crippen molar-refractivity contribution >= 4 is 39.0 Å². The Morgan fingerprint density at radius 2 is 0.972 bits per heavy atom. The summed E-state index contributed by atoms with van der Waals surface area (Å²) in [6.07, 6.45) is 0. The molecule has 0 atom stereocenters. The van der Waals surface area contributed by atoms with Crippen molar-refractivity contribution in [2.45, 2.75) is 96.3 Å². The highest BCUT2D eigenvalue weighted by Gasteiger charge is 2.47. The fourth-order valence-electron chi connectivity index (χ4n) is 13.3. The maximum atomic E-state index is 7.31. The quantitative estimate of drug-likeness (QED) is 0.171. The van der Waals surface area contributed by atoms with Crippen molar-refractivity contribution in [1.29, 1.82) is 0 Å². The lowest BCUT2D eigenvalue weighted by Gasteiger charge is -2.36. The Balaban J connectivity index is 1.08. The maximum Gasteiger partial charge on any atom is 0.143 e. The summed E-state index contributed by atoms with van der Waals surface area (Å²) in [4.78, 5) is 2.57. The molecule has 0 unspecified atom stereocenters. The number of nitrogens with zero attached hydrogens (tertiary/aromatic N) is 1. The lowest BCUT2D eigenvalue weighted by Crippen LogP contribution is -2.29. The van der Waals surface area contributed by atoms with Gasteiger partial charge in [0, 0.05) is 44.1 Å². The van der Waals surface area contributed by atoms with E-state index in [0.717, 1.165) is 22.5 Å². The molecule has 71 heavy (non-hydrogen) atoms. The van der Waals surface area contributed by atoms with Gasteiger partial charge in [-0.05, 0) is 125 Å². The van der Waals surface area contributed by atoms with Crippen molar-refractivity contribution in [1.82, 2.24) is 0 Å². The van der Waals surface area contributed by atoms with E-state index < -0.39 is 5.41 Å². The fourth-order valence-corrected chi connectivity index (χ4v) is 13.3. The van der Waals surface area contributed by atoms with Crippen molar-refractivity contribution < 1.29 is 4.42 Å². The zero-order valence-corrected chi connectivity index (χ0v) is 42.8. The largest absolute Gasteiger partial charge is 0.455 e. The second-order valence-corrected chi connectivity index (χ2v) is 23.7. The molecule has 0 fully saturated rings. The summed E-state index contributed by atoms with van der Waals surface area (Å²) in [5, 5.41) is 2.38. The Morgan fingerprint density at radius 3 is 1.65 bits per heavy atom. The van der Waals surface area contributed by atoms with Crippen molar-refractivity contribution in [3.63, 3.8) is 0 Å². The van der Waals surface area contributed by atoms with Gasteiger partial charge in [-0.15, -0.1) is 0 Å². The van der Waals surface area contributed by atoms with E-state index in [0.29, 0.717) is 0 Å². The molecule has 0 radical (unpaired) electrons. The SMILES string of the molecule is CC(C)(C)c1cc(C(C)(C)C)c2oc3c4c(ccc3c2c1)C(C)(C)c1c-4cccc1N(c1cccc(C2(c3ccccc3)c3ccccc3-c3ccccc32)c1)c1ccc2c(c1)C(C)(C)c1ccccc1-2. The van der Waals surface area contributed by atoms with E-state index in [1.165, 1.54) is 105 Å². The Morgan fingerprint density at radius 1 is 0.394 bits per heavy atom. The Hall–Kier alpha value is -7.42. The zero-order chi connectivity index (χ0) is 49.0. The molecule has 10 aromatic rings. The number of fused-ring (bicyclic) bond motifs is 13. The molecule has 2 nitrogen and oxygen atoms in total. The van der Waals surface area contributed by atoms with Crippen LogP contribution in [0.15, 0.2) is 192 Å². The van der Waals surface area contributed by atoms with Gasteiger partial charge in [-0.25, -0.2) is 0 Å². The summed E-state index contributed by atoms with van der Waals surface area (Å²) in [6.45, 7) is 23.5. The van der Waals surface area contributed by atoms with Gasteiger partial charge in [0.25, 0.3) is 0 Å². The number of rotatable bonds is 5. The van der Waals surface area contributed by atoms with Crippen LogP contribution in [0.1, 0.15) is 125 Å². The van der Waals surface area contributed by atoms with Crippen LogP contribution in [0.4, 0.5) is 17.1 Å².